The Morgan fingerprint density at radius 2 is 2.11 bits per heavy atom. The summed E-state index contributed by atoms with van der Waals surface area (Å²) in [7, 11) is -0.476. The highest BCUT2D eigenvalue weighted by Gasteiger charge is 2.41. The zero-order valence-electron chi connectivity index (χ0n) is 9.88. The van der Waals surface area contributed by atoms with E-state index in [1.54, 1.807) is 0 Å². The lowest BCUT2D eigenvalue weighted by atomic mass is 10.1. The van der Waals surface area contributed by atoms with Crippen LogP contribution in [0.1, 0.15) is 11.7 Å². The van der Waals surface area contributed by atoms with Gasteiger partial charge < -0.3 is 15.8 Å². The van der Waals surface area contributed by atoms with Crippen molar-refractivity contribution in [2.75, 3.05) is 12.8 Å². The summed E-state index contributed by atoms with van der Waals surface area (Å²) in [5.74, 6) is -3.92. The quantitative estimate of drug-likeness (QED) is 0.475. The largest absolute Gasteiger partial charge is 0.491 e. The van der Waals surface area contributed by atoms with Gasteiger partial charge in [0.15, 0.2) is 0 Å². The van der Waals surface area contributed by atoms with Gasteiger partial charge in [0, 0.05) is 20.1 Å². The van der Waals surface area contributed by atoms with Crippen LogP contribution in [0.5, 0.6) is 5.75 Å². The zero-order valence-corrected chi connectivity index (χ0v) is 8.88. The summed E-state index contributed by atoms with van der Waals surface area (Å²) in [5.41, 5.74) is 5.05. The topological polar surface area (TPSA) is 81.4 Å². The smallest absolute Gasteiger partial charge is 0.419 e. The number of nitrogen functional groups attached to an aromatic ring is 1. The number of amides is 1. The molecular weight excluding hydrogens is 253 g/mol. The number of carbonyl (C=O) groups is 2. The molecule has 0 saturated heterocycles. The number of alkyl halides is 3. The first kappa shape index (κ1) is 12.2. The maximum absolute atomic E-state index is 12.1. The summed E-state index contributed by atoms with van der Waals surface area (Å²) in [4.78, 5) is 22.2. The van der Waals surface area contributed by atoms with Crippen LogP contribution >= 0.6 is 0 Å². The minimum atomic E-state index is -5.19. The van der Waals surface area contributed by atoms with Gasteiger partial charge in [-0.3, -0.25) is 4.79 Å². The molecule has 0 spiro atoms. The van der Waals surface area contributed by atoms with Crippen molar-refractivity contribution in [2.45, 2.75) is 6.18 Å². The second kappa shape index (κ2) is 4.94. The Kier molecular flexibility index (Phi) is 3.35. The normalized spacial score (nSPS) is 11.6. The van der Waals surface area contributed by atoms with E-state index in [0.717, 1.165) is 12.1 Å². The van der Waals surface area contributed by atoms with Crippen LogP contribution in [0.25, 0.3) is 0 Å². The Bertz CT molecular complexity index is 505. The highest BCUT2D eigenvalue weighted by atomic mass is 19.4. The number of hydrogen-bond donors (Lipinski definition) is 2. The summed E-state index contributed by atoms with van der Waals surface area (Å²) in [6.45, 7) is 0. The fraction of sp³-hybridized carbons (Fsp3) is 0.200. The van der Waals surface area contributed by atoms with Gasteiger partial charge in [0.1, 0.15) is 5.75 Å². The van der Waals surface area contributed by atoms with Crippen LogP contribution in [-0.4, -0.2) is 25.1 Å². The van der Waals surface area contributed by atoms with E-state index >= 15 is 0 Å². The fourth-order valence-electron chi connectivity index (χ4n) is 1.06. The van der Waals surface area contributed by atoms with E-state index in [1.165, 1.54) is 6.07 Å². The molecule has 1 aromatic rings. The zero-order chi connectivity index (χ0) is 14.6. The van der Waals surface area contributed by atoms with E-state index in [2.05, 4.69) is 4.74 Å². The van der Waals surface area contributed by atoms with Gasteiger partial charge in [-0.05, 0) is 12.1 Å². The first-order chi connectivity index (χ1) is 8.75. The SMILES string of the molecule is [2H]CNC(=O)c1ccc(N)cc1OC(=O)C(F)(F)F. The van der Waals surface area contributed by atoms with Crippen molar-refractivity contribution in [1.82, 2.24) is 5.32 Å². The van der Waals surface area contributed by atoms with Gasteiger partial charge in [0.05, 0.1) is 5.56 Å². The molecule has 8 heteroatoms. The van der Waals surface area contributed by atoms with Crippen molar-refractivity contribution in [3.8, 4) is 5.75 Å². The van der Waals surface area contributed by atoms with E-state index < -0.39 is 30.8 Å². The molecule has 5 nitrogen and oxygen atoms in total. The van der Waals surface area contributed by atoms with Crippen LogP contribution in [0, 0.1) is 0 Å². The number of nitrogens with two attached hydrogens (primary N) is 1. The lowest BCUT2D eigenvalue weighted by molar-refractivity contribution is -0.189. The molecule has 0 unspecified atom stereocenters. The third kappa shape index (κ3) is 3.12. The summed E-state index contributed by atoms with van der Waals surface area (Å²) in [6.07, 6.45) is -5.19. The number of ether oxygens (including phenoxy) is 1. The maximum Gasteiger partial charge on any atom is 0.491 e. The van der Waals surface area contributed by atoms with Crippen molar-refractivity contribution >= 4 is 17.6 Å². The van der Waals surface area contributed by atoms with Crippen LogP contribution in [0.15, 0.2) is 18.2 Å². The molecular formula is C10H9F3N2O3. The number of nitrogens with one attached hydrogen (secondary N) is 1. The standard InChI is InChI=1S/C10H9F3N2O3/c1-15-8(16)6-3-2-5(14)4-7(6)18-9(17)10(11,12)13/h2-4H,14H2,1H3,(H,15,16)/i1D. The third-order valence-electron chi connectivity index (χ3n) is 1.84. The minimum Gasteiger partial charge on any atom is -0.419 e. The average molecular weight is 263 g/mol. The average Bonchev–Trinajstić information content (AvgIpc) is 2.28. The highest BCUT2D eigenvalue weighted by Crippen LogP contribution is 2.25. The molecule has 0 aromatic heterocycles. The minimum absolute atomic E-state index is 0.0207. The van der Waals surface area contributed by atoms with Crippen molar-refractivity contribution in [1.29, 1.82) is 0 Å². The molecule has 0 fully saturated rings. The molecule has 0 aliphatic carbocycles. The summed E-state index contributed by atoms with van der Waals surface area (Å²) >= 11 is 0. The Morgan fingerprint density at radius 1 is 1.44 bits per heavy atom. The first-order valence-corrected chi connectivity index (χ1v) is 4.51. The Balaban J connectivity index is 3.08. The molecule has 0 aliphatic rings. The van der Waals surface area contributed by atoms with Gasteiger partial charge in [0.2, 0.25) is 0 Å². The number of anilines is 1. The lowest BCUT2D eigenvalue weighted by Gasteiger charge is -2.11. The van der Waals surface area contributed by atoms with Crippen molar-refractivity contribution in [3.05, 3.63) is 23.8 Å². The van der Waals surface area contributed by atoms with Crippen LogP contribution in [0.3, 0.4) is 0 Å². The molecule has 3 N–H and O–H groups in total. The highest BCUT2D eigenvalue weighted by molar-refractivity contribution is 5.98. The molecule has 98 valence electrons. The lowest BCUT2D eigenvalue weighted by Crippen LogP contribution is -2.29. The van der Waals surface area contributed by atoms with Crippen LogP contribution in [-0.2, 0) is 4.79 Å². The Hall–Kier alpha value is -2.25. The predicted octanol–water partition coefficient (Wildman–Crippen LogP) is 1.10. The summed E-state index contributed by atoms with van der Waals surface area (Å²) in [5, 5.41) is 2.05. The molecule has 0 heterocycles. The van der Waals surface area contributed by atoms with E-state index in [0.29, 0.717) is 0 Å². The number of carbonyl (C=O) groups excluding carboxylic acids is 2. The second-order valence-corrected chi connectivity index (χ2v) is 3.15. The molecule has 18 heavy (non-hydrogen) atoms. The number of benzene rings is 1. The van der Waals surface area contributed by atoms with Gasteiger partial charge in [-0.2, -0.15) is 13.2 Å². The number of esters is 1. The van der Waals surface area contributed by atoms with E-state index in [1.807, 2.05) is 5.32 Å². The summed E-state index contributed by atoms with van der Waals surface area (Å²) in [6, 6.07) is 3.27. The van der Waals surface area contributed by atoms with Crippen molar-refractivity contribution < 1.29 is 28.9 Å². The maximum atomic E-state index is 12.1. The van der Waals surface area contributed by atoms with E-state index in [4.69, 9.17) is 7.10 Å². The van der Waals surface area contributed by atoms with Crippen molar-refractivity contribution in [3.63, 3.8) is 0 Å². The predicted molar refractivity (Wildman–Crippen MR) is 55.9 cm³/mol. The van der Waals surface area contributed by atoms with Crippen LogP contribution in [0.2, 0.25) is 0 Å². The number of halogens is 3. The van der Waals surface area contributed by atoms with Gasteiger partial charge >= 0.3 is 12.1 Å². The summed E-state index contributed by atoms with van der Waals surface area (Å²) < 4.78 is 47.1. The van der Waals surface area contributed by atoms with Crippen molar-refractivity contribution in [2.24, 2.45) is 0 Å². The Morgan fingerprint density at radius 3 is 2.67 bits per heavy atom. The molecule has 1 rings (SSSR count). The number of rotatable bonds is 2. The van der Waals surface area contributed by atoms with Gasteiger partial charge in [-0.1, -0.05) is 0 Å². The molecule has 1 aromatic carbocycles. The van der Waals surface area contributed by atoms with E-state index in [-0.39, 0.29) is 11.3 Å². The molecule has 1 amide bonds. The number of hydrogen-bond acceptors (Lipinski definition) is 4. The van der Waals surface area contributed by atoms with Crippen LogP contribution in [0.4, 0.5) is 18.9 Å². The second-order valence-electron chi connectivity index (χ2n) is 3.15. The first-order valence-electron chi connectivity index (χ1n) is 5.22. The van der Waals surface area contributed by atoms with Gasteiger partial charge in [0.25, 0.3) is 5.91 Å². The van der Waals surface area contributed by atoms with Gasteiger partial charge in [-0.15, -0.1) is 0 Å². The third-order valence-corrected chi connectivity index (χ3v) is 1.84. The molecule has 0 bridgehead atoms. The molecule has 0 aliphatic heterocycles. The molecule has 0 radical (unpaired) electrons. The Labute approximate surface area is 101 Å². The molecule has 0 saturated carbocycles. The molecule has 0 atom stereocenters. The van der Waals surface area contributed by atoms with Crippen LogP contribution < -0.4 is 15.8 Å². The fourth-order valence-corrected chi connectivity index (χ4v) is 1.06. The van der Waals surface area contributed by atoms with E-state index in [9.17, 15) is 22.8 Å². The van der Waals surface area contributed by atoms with Gasteiger partial charge in [-0.25, -0.2) is 4.79 Å². The monoisotopic (exact) mass is 263 g/mol.